The molecule has 20 rings (SSSR count). The Bertz CT molecular complexity index is 6430. The summed E-state index contributed by atoms with van der Waals surface area (Å²) < 4.78 is 82.2. The number of hydrogen-bond donors (Lipinski definition) is 21. The first-order chi connectivity index (χ1) is 66.9. The van der Waals surface area contributed by atoms with Gasteiger partial charge in [0.25, 0.3) is 34.6 Å². The predicted octanol–water partition coefficient (Wildman–Crippen LogP) is 5.41. The second-order valence-corrected chi connectivity index (χ2v) is 37.6. The number of ketones is 1. The van der Waals surface area contributed by atoms with E-state index in [1.165, 1.54) is 66.7 Å². The number of esters is 3. The number of phenols is 9. The maximum absolute atomic E-state index is 13.2. The molecule has 752 valence electrons. The lowest BCUT2D eigenvalue weighted by molar-refractivity contribution is -0.233. The number of aliphatic hydroxyl groups excluding tert-OH is 12. The van der Waals surface area contributed by atoms with Crippen LogP contribution in [0.15, 0.2) is 171 Å². The highest BCUT2D eigenvalue weighted by Crippen LogP contribution is 2.62. The maximum atomic E-state index is 13.2. The van der Waals surface area contributed by atoms with Gasteiger partial charge in [-0.1, -0.05) is 56.3 Å². The molecule has 40 nitrogen and oxygen atoms in total. The summed E-state index contributed by atoms with van der Waals surface area (Å²) >= 11 is 0. The summed E-state index contributed by atoms with van der Waals surface area (Å²) in [6, 6.07) is 28.1. The first-order valence-electron chi connectivity index (χ1n) is 45.9. The second-order valence-electron chi connectivity index (χ2n) is 37.6. The van der Waals surface area contributed by atoms with Crippen LogP contribution in [-0.4, -0.2) is 242 Å². The number of fused-ring (bicyclic) bond motifs is 5. The first-order valence-corrected chi connectivity index (χ1v) is 45.9. The molecule has 7 aromatic carbocycles. The molecule has 8 aliphatic heterocycles. The number of rotatable bonds is 18. The van der Waals surface area contributed by atoms with Crippen molar-refractivity contribution in [1.82, 2.24) is 0 Å². The lowest BCUT2D eigenvalue weighted by Gasteiger charge is -2.47. The molecule has 0 bridgehead atoms. The molecule has 1 saturated heterocycles. The molecule has 24 atom stereocenters. The Labute approximate surface area is 802 Å². The Balaban J connectivity index is 0.000000130. The smallest absolute Gasteiger partial charge is 0.378 e. The highest BCUT2D eigenvalue weighted by molar-refractivity contribution is 5.97. The molecule has 3 fully saturated rings. The Morgan fingerprint density at radius 1 is 0.440 bits per heavy atom. The van der Waals surface area contributed by atoms with Crippen molar-refractivity contribution in [3.63, 3.8) is 0 Å². The number of allylic oxidation sites excluding steroid dienone is 2. The zero-order valence-electron chi connectivity index (χ0n) is 77.2. The van der Waals surface area contributed by atoms with Crippen LogP contribution in [0.2, 0.25) is 0 Å². The van der Waals surface area contributed by atoms with Gasteiger partial charge in [-0.25, -0.2) is 14.4 Å². The molecular weight excluding hydrogens is 1850 g/mol. The largest absolute Gasteiger partial charge is 0.508 e. The van der Waals surface area contributed by atoms with Crippen molar-refractivity contribution in [2.24, 2.45) is 23.7 Å². The van der Waals surface area contributed by atoms with E-state index in [1.807, 2.05) is 6.92 Å². The van der Waals surface area contributed by atoms with Crippen LogP contribution in [0, 0.1) is 37.5 Å². The van der Waals surface area contributed by atoms with Gasteiger partial charge < -0.3 is 173 Å². The summed E-state index contributed by atoms with van der Waals surface area (Å²) in [6.45, 7) is 11.6. The number of carbonyl (C=O) groups excluding carboxylic acids is 4. The van der Waals surface area contributed by atoms with Gasteiger partial charge in [0.05, 0.1) is 66.1 Å². The molecule has 12 unspecified atom stereocenters. The van der Waals surface area contributed by atoms with Gasteiger partial charge in [-0.15, -0.1) is 0 Å². The molecule has 8 aromatic rings. The number of ether oxygens (including phenoxy) is 13. The van der Waals surface area contributed by atoms with E-state index >= 15 is 0 Å². The minimum atomic E-state index is -2.04. The quantitative estimate of drug-likeness (QED) is 0.0377. The number of aryl methyl sites for hydroxylation is 4. The van der Waals surface area contributed by atoms with Crippen LogP contribution >= 0.6 is 0 Å². The van der Waals surface area contributed by atoms with Gasteiger partial charge in [0.15, 0.2) is 46.8 Å². The number of phenolic OH excluding ortho intramolecular Hbond substituents is 9. The number of aromatic hydroxyl groups is 9. The topological polar surface area (TPSA) is 643 Å². The van der Waals surface area contributed by atoms with Crippen molar-refractivity contribution in [3.8, 4) is 57.5 Å². The average Bonchev–Trinajstić information content (AvgIpc) is 1.66. The number of cyclic esters (lactones) is 3. The predicted molar refractivity (Wildman–Crippen MR) is 479 cm³/mol. The highest BCUT2D eigenvalue weighted by Gasteiger charge is 2.64. The van der Waals surface area contributed by atoms with Crippen molar-refractivity contribution >= 4 is 34.7 Å². The van der Waals surface area contributed by atoms with Crippen molar-refractivity contribution in [2.75, 3.05) is 19.8 Å². The Hall–Kier alpha value is -13.3. The zero-order chi connectivity index (χ0) is 101. The standard InChI is InChI=1S/C28H32O11.C26H26O12.C26H30O10.C21H20O7/c1-13-16(12-29)9-21(24(34)23(13)33)37-20-11-18(31)10-19(32)22(20)28(8-7-15-3-5-17(30)6-4-15)38-25-14(2)36-27(35)26(25)39-28;1-9-22-24(25(34)35-9)38-26(37-22)17-11(3-2-4-13(17)29)16(12-5-10(7-27)6-14(30)18(12)26)23-21(33)20(32)19(31)15(8-28)36-23;1-10-4-15(28)19(14-6-12(9-27)20(31)22(33)21(14)32)25-18(10)16(29)7-13(34-25)8-26(3)35-23-11(2)5-17(30)24(23)36-26;1-11-9-15(23)10-16(24)17(11)21(8-7-13-3-5-14(22)6-4-13)27-18-12(2)26-20(25)19(18)28-21/h3-6,10-11,13-14,16,21,23-24,29-34H,7-9,12H2,1-2H3;2-6,9,15-16,19-21,23,27-33H,7-8H2,1H3;4,7,11-12,14,20-22,27-28,31-33H,5-6,8-9H2,1-3H3;3-6,9-10,12,22-24H,7-8H2,1-2H3/t13-,14?,16-,21?,23+,24+,28?;9?,15-,16?,19-,20+,21-,23?,26?;11?,12-,14?,20-,21+,22+,26?;/m111./s1. The van der Waals surface area contributed by atoms with Crippen LogP contribution in [0.25, 0.3) is 11.0 Å². The fourth-order valence-corrected chi connectivity index (χ4v) is 20.9. The van der Waals surface area contributed by atoms with Gasteiger partial charge in [0.2, 0.25) is 11.5 Å². The van der Waals surface area contributed by atoms with E-state index in [2.05, 4.69) is 0 Å². The molecule has 40 heteroatoms. The highest BCUT2D eigenvalue weighted by atomic mass is 16.8. The molecule has 1 spiro atoms. The lowest BCUT2D eigenvalue weighted by atomic mass is 9.69. The number of benzene rings is 7. The van der Waals surface area contributed by atoms with E-state index in [0.29, 0.717) is 53.0 Å². The first kappa shape index (κ1) is 99.2. The molecule has 141 heavy (non-hydrogen) atoms. The van der Waals surface area contributed by atoms with E-state index in [0.717, 1.165) is 17.2 Å². The number of Topliss-reactive ketones (excluding diaryl/α,β-unsaturated/α-hetero) is 1. The molecule has 1 aromatic heterocycles. The molecule has 9 heterocycles. The van der Waals surface area contributed by atoms with Crippen molar-refractivity contribution in [1.29, 1.82) is 0 Å². The summed E-state index contributed by atoms with van der Waals surface area (Å²) in [6.07, 6.45) is -15.9. The second kappa shape index (κ2) is 37.9. The Morgan fingerprint density at radius 2 is 0.986 bits per heavy atom. The van der Waals surface area contributed by atoms with Gasteiger partial charge in [-0.3, -0.25) is 9.59 Å². The van der Waals surface area contributed by atoms with E-state index in [9.17, 15) is 131 Å². The lowest BCUT2D eigenvalue weighted by Crippen LogP contribution is -2.60. The van der Waals surface area contributed by atoms with E-state index in [-0.39, 0.29) is 198 Å². The summed E-state index contributed by atoms with van der Waals surface area (Å²) in [4.78, 5) is 62.5. The van der Waals surface area contributed by atoms with Crippen LogP contribution in [-0.2, 0) is 119 Å². The third-order valence-electron chi connectivity index (χ3n) is 27.9. The van der Waals surface area contributed by atoms with Crippen LogP contribution in [0.3, 0.4) is 0 Å². The van der Waals surface area contributed by atoms with Crippen LogP contribution < -0.4 is 10.2 Å². The van der Waals surface area contributed by atoms with Gasteiger partial charge in [-0.05, 0) is 160 Å². The fraction of sp³-hybridized carbons (Fsp3) is 0.436. The SMILES string of the molecule is CC1OC(=O)C2=C1OC(CCc1ccc(O)cc1)(c1c(O)cc(O)cc1OC1C[C@H](CO)[C@@H](C)[C@H](O)[C@H]1O)O2.CC1OC(=O)C2=C1OC1(O2)c2c(O)cccc2C(C2O[C@H](CO)[C@@H](O)[C@H](O)[C@H]2O)c2cc(CO)cc(O)c21.Cc1cc(O)c(C2C[C@H](CO)[C@@H](O)[C@H](O)[C@H]2O)c2oc(CC3(C)OC4=C(O3)C(C)CC4=O)cc(=O)c12.Cc1cc(O)cc(O)c1C1(CCc2ccc(O)cc2)OC2=C(O1)C(C)OC2=O. The number of aliphatic hydroxyl groups is 12. The number of carbonyl (C=O) groups is 4. The van der Waals surface area contributed by atoms with Gasteiger partial charge in [-0.2, -0.15) is 0 Å². The molecule has 0 radical (unpaired) electrons. The fourth-order valence-electron chi connectivity index (χ4n) is 20.9. The summed E-state index contributed by atoms with van der Waals surface area (Å²) in [5.41, 5.74) is 3.58. The Kier molecular flexibility index (Phi) is 26.7. The minimum absolute atomic E-state index is 0.00470. The monoisotopic (exact) mass is 1960 g/mol. The van der Waals surface area contributed by atoms with E-state index in [1.54, 1.807) is 90.9 Å². The molecule has 2 saturated carbocycles. The van der Waals surface area contributed by atoms with Crippen molar-refractivity contribution < 1.29 is 192 Å². The molecule has 4 aliphatic carbocycles. The van der Waals surface area contributed by atoms with Gasteiger partial charge in [0.1, 0.15) is 117 Å². The summed E-state index contributed by atoms with van der Waals surface area (Å²) in [5.74, 6) is -13.3. The normalized spacial score (nSPS) is 31.7. The third-order valence-corrected chi connectivity index (χ3v) is 27.9. The van der Waals surface area contributed by atoms with Crippen molar-refractivity contribution in [2.45, 2.75) is 234 Å². The zero-order valence-corrected chi connectivity index (χ0v) is 77.2. The van der Waals surface area contributed by atoms with Crippen LogP contribution in [0.1, 0.15) is 158 Å². The van der Waals surface area contributed by atoms with Crippen molar-refractivity contribution in [3.05, 3.63) is 244 Å². The van der Waals surface area contributed by atoms with Gasteiger partial charge in [0, 0.05) is 92.9 Å². The molecule has 12 aliphatic rings. The van der Waals surface area contributed by atoms with Crippen LogP contribution in [0.4, 0.5) is 0 Å². The van der Waals surface area contributed by atoms with Crippen LogP contribution in [0.5, 0.6) is 57.5 Å². The summed E-state index contributed by atoms with van der Waals surface area (Å²) in [5, 5.41) is 218. The maximum Gasteiger partial charge on any atom is 0.378 e. The number of hydrogen-bond acceptors (Lipinski definition) is 40. The van der Waals surface area contributed by atoms with E-state index in [4.69, 9.17) is 66.0 Å². The molecular formula is C101H108O40. The molecule has 21 N–H and O–H groups in total. The van der Waals surface area contributed by atoms with E-state index < -0.39 is 176 Å². The molecule has 0 amide bonds. The Morgan fingerprint density at radius 3 is 1.54 bits per heavy atom. The third kappa shape index (κ3) is 17.7. The minimum Gasteiger partial charge on any atom is -0.508 e. The van der Waals surface area contributed by atoms with Gasteiger partial charge >= 0.3 is 23.7 Å². The average molecular weight is 1960 g/mol. The summed E-state index contributed by atoms with van der Waals surface area (Å²) in [7, 11) is 0.